The van der Waals surface area contributed by atoms with Crippen LogP contribution in [0, 0.1) is 6.92 Å². The molecular weight excluding hydrogens is 342 g/mol. The van der Waals surface area contributed by atoms with E-state index in [2.05, 4.69) is 10.2 Å². The molecule has 0 atom stereocenters. The number of aliphatic hydroxyl groups is 1. The molecule has 0 spiro atoms. The Hall–Kier alpha value is -2.67. The second-order valence-corrected chi connectivity index (χ2v) is 7.37. The fourth-order valence-electron chi connectivity index (χ4n) is 3.00. The maximum Gasteiger partial charge on any atom is 0.155 e. The van der Waals surface area contributed by atoms with Crippen molar-refractivity contribution in [1.82, 2.24) is 24.5 Å². The summed E-state index contributed by atoms with van der Waals surface area (Å²) in [5, 5.41) is 19.3. The first-order chi connectivity index (χ1) is 12.8. The molecule has 0 radical (unpaired) electrons. The van der Waals surface area contributed by atoms with Gasteiger partial charge >= 0.3 is 0 Å². The second kappa shape index (κ2) is 7.92. The van der Waals surface area contributed by atoms with E-state index in [0.717, 1.165) is 28.7 Å². The Bertz CT molecular complexity index is 892. The summed E-state index contributed by atoms with van der Waals surface area (Å²) in [4.78, 5) is 4.73. The molecule has 27 heavy (non-hydrogen) atoms. The number of aromatic nitrogens is 5. The van der Waals surface area contributed by atoms with E-state index in [1.54, 1.807) is 25.6 Å². The van der Waals surface area contributed by atoms with Crippen molar-refractivity contribution in [3.05, 3.63) is 59.4 Å². The number of hydrogen-bond donors (Lipinski definition) is 1. The van der Waals surface area contributed by atoms with E-state index in [0.29, 0.717) is 25.9 Å². The predicted octanol–water partition coefficient (Wildman–Crippen LogP) is 2.40. The fourth-order valence-corrected chi connectivity index (χ4v) is 3.00. The second-order valence-electron chi connectivity index (χ2n) is 7.37. The SMILES string of the molecule is COc1ccccc1Cc1nc(CCn2ccc(C)n2)n(CC(C)(C)O)n1. The van der Waals surface area contributed by atoms with Crippen LogP contribution in [0.4, 0.5) is 0 Å². The highest BCUT2D eigenvalue weighted by atomic mass is 16.5. The summed E-state index contributed by atoms with van der Waals surface area (Å²) in [6.07, 6.45) is 3.23. The van der Waals surface area contributed by atoms with Gasteiger partial charge in [-0.1, -0.05) is 18.2 Å². The van der Waals surface area contributed by atoms with Gasteiger partial charge in [0.05, 0.1) is 24.9 Å². The maximum atomic E-state index is 10.2. The average Bonchev–Trinajstić information content (AvgIpc) is 3.18. The fraction of sp³-hybridized carbons (Fsp3) is 0.450. The number of aryl methyl sites for hydroxylation is 3. The van der Waals surface area contributed by atoms with Crippen molar-refractivity contribution in [2.24, 2.45) is 0 Å². The monoisotopic (exact) mass is 369 g/mol. The molecule has 144 valence electrons. The van der Waals surface area contributed by atoms with Gasteiger partial charge in [-0.05, 0) is 32.9 Å². The Kier molecular flexibility index (Phi) is 5.60. The van der Waals surface area contributed by atoms with Crippen molar-refractivity contribution >= 4 is 0 Å². The van der Waals surface area contributed by atoms with Crippen LogP contribution >= 0.6 is 0 Å². The highest BCUT2D eigenvalue weighted by Crippen LogP contribution is 2.20. The van der Waals surface area contributed by atoms with Crippen LogP contribution in [0.1, 0.15) is 36.8 Å². The van der Waals surface area contributed by atoms with Crippen molar-refractivity contribution in [1.29, 1.82) is 0 Å². The summed E-state index contributed by atoms with van der Waals surface area (Å²) in [5.74, 6) is 2.38. The Morgan fingerprint density at radius 1 is 1.15 bits per heavy atom. The lowest BCUT2D eigenvalue weighted by atomic mass is 10.1. The van der Waals surface area contributed by atoms with Crippen LogP contribution in [-0.2, 0) is 25.9 Å². The number of methoxy groups -OCH3 is 1. The van der Waals surface area contributed by atoms with Gasteiger partial charge in [0.1, 0.15) is 11.6 Å². The molecule has 2 aromatic heterocycles. The number of rotatable bonds is 8. The first kappa shape index (κ1) is 19.1. The smallest absolute Gasteiger partial charge is 0.155 e. The van der Waals surface area contributed by atoms with E-state index in [9.17, 15) is 5.11 Å². The van der Waals surface area contributed by atoms with Gasteiger partial charge in [-0.2, -0.15) is 10.2 Å². The van der Waals surface area contributed by atoms with Crippen molar-refractivity contribution in [2.75, 3.05) is 7.11 Å². The van der Waals surface area contributed by atoms with Crippen LogP contribution in [-0.4, -0.2) is 42.4 Å². The molecule has 3 rings (SSSR count). The third kappa shape index (κ3) is 5.17. The lowest BCUT2D eigenvalue weighted by Gasteiger charge is -2.18. The Labute approximate surface area is 159 Å². The molecule has 0 aliphatic carbocycles. The largest absolute Gasteiger partial charge is 0.496 e. The van der Waals surface area contributed by atoms with E-state index in [4.69, 9.17) is 9.72 Å². The van der Waals surface area contributed by atoms with Crippen LogP contribution in [0.3, 0.4) is 0 Å². The van der Waals surface area contributed by atoms with Gasteiger partial charge in [0.15, 0.2) is 5.82 Å². The summed E-state index contributed by atoms with van der Waals surface area (Å²) < 4.78 is 9.14. The minimum atomic E-state index is -0.869. The summed E-state index contributed by atoms with van der Waals surface area (Å²) in [5.41, 5.74) is 1.16. The molecule has 0 unspecified atom stereocenters. The lowest BCUT2D eigenvalue weighted by molar-refractivity contribution is 0.0565. The highest BCUT2D eigenvalue weighted by Gasteiger charge is 2.19. The van der Waals surface area contributed by atoms with Crippen molar-refractivity contribution in [3.8, 4) is 5.75 Å². The summed E-state index contributed by atoms with van der Waals surface area (Å²) >= 11 is 0. The van der Waals surface area contributed by atoms with Crippen LogP contribution in [0.5, 0.6) is 5.75 Å². The zero-order chi connectivity index (χ0) is 19.4. The molecule has 1 N–H and O–H groups in total. The lowest BCUT2D eigenvalue weighted by Crippen LogP contribution is -2.28. The number of nitrogens with zero attached hydrogens (tertiary/aromatic N) is 5. The number of para-hydroxylation sites is 1. The molecule has 0 saturated carbocycles. The van der Waals surface area contributed by atoms with Crippen molar-refractivity contribution < 1.29 is 9.84 Å². The van der Waals surface area contributed by atoms with Crippen molar-refractivity contribution in [2.45, 2.75) is 52.3 Å². The molecule has 1 aromatic carbocycles. The molecule has 7 heteroatoms. The average molecular weight is 369 g/mol. The zero-order valence-corrected chi connectivity index (χ0v) is 16.4. The van der Waals surface area contributed by atoms with Gasteiger partial charge < -0.3 is 9.84 Å². The van der Waals surface area contributed by atoms with Crippen LogP contribution < -0.4 is 4.74 Å². The van der Waals surface area contributed by atoms with E-state index < -0.39 is 5.60 Å². The van der Waals surface area contributed by atoms with Gasteiger partial charge in [0, 0.05) is 31.1 Å². The van der Waals surface area contributed by atoms with Gasteiger partial charge in [-0.25, -0.2) is 9.67 Å². The first-order valence-corrected chi connectivity index (χ1v) is 9.11. The van der Waals surface area contributed by atoms with E-state index in [-0.39, 0.29) is 0 Å². The molecule has 0 amide bonds. The number of ether oxygens (including phenoxy) is 1. The van der Waals surface area contributed by atoms with Crippen molar-refractivity contribution in [3.63, 3.8) is 0 Å². The minimum absolute atomic E-state index is 0.388. The predicted molar refractivity (Wildman–Crippen MR) is 103 cm³/mol. The molecule has 0 bridgehead atoms. The quantitative estimate of drug-likeness (QED) is 0.660. The number of benzene rings is 1. The van der Waals surface area contributed by atoms with Gasteiger partial charge in [-0.3, -0.25) is 4.68 Å². The molecule has 0 fully saturated rings. The Morgan fingerprint density at radius 2 is 1.93 bits per heavy atom. The van der Waals surface area contributed by atoms with Crippen LogP contribution in [0.15, 0.2) is 36.5 Å². The minimum Gasteiger partial charge on any atom is -0.496 e. The summed E-state index contributed by atoms with van der Waals surface area (Å²) in [6, 6.07) is 9.85. The van der Waals surface area contributed by atoms with Gasteiger partial charge in [0.2, 0.25) is 0 Å². The third-order valence-corrected chi connectivity index (χ3v) is 4.21. The van der Waals surface area contributed by atoms with Crippen LogP contribution in [0.2, 0.25) is 0 Å². The molecule has 0 aliphatic heterocycles. The standard InChI is InChI=1S/C20H27N5O2/c1-15-9-11-24(22-15)12-10-19-21-18(23-25(19)14-20(2,3)26)13-16-7-5-6-8-17(16)27-4/h5-9,11,26H,10,12-14H2,1-4H3. The Balaban J connectivity index is 1.82. The van der Waals surface area contributed by atoms with Gasteiger partial charge in [-0.15, -0.1) is 0 Å². The summed E-state index contributed by atoms with van der Waals surface area (Å²) in [6.45, 7) is 6.62. The normalized spacial score (nSPS) is 11.7. The van der Waals surface area contributed by atoms with Gasteiger partial charge in [0.25, 0.3) is 0 Å². The highest BCUT2D eigenvalue weighted by molar-refractivity contribution is 5.35. The third-order valence-electron chi connectivity index (χ3n) is 4.21. The van der Waals surface area contributed by atoms with E-state index in [1.165, 1.54) is 0 Å². The Morgan fingerprint density at radius 3 is 2.59 bits per heavy atom. The first-order valence-electron chi connectivity index (χ1n) is 9.11. The zero-order valence-electron chi connectivity index (χ0n) is 16.4. The van der Waals surface area contributed by atoms with E-state index in [1.807, 2.05) is 48.1 Å². The van der Waals surface area contributed by atoms with Crippen LogP contribution in [0.25, 0.3) is 0 Å². The maximum absolute atomic E-state index is 10.2. The van der Waals surface area contributed by atoms with E-state index >= 15 is 0 Å². The molecule has 3 aromatic rings. The molecular formula is C20H27N5O2. The molecule has 2 heterocycles. The molecule has 0 saturated heterocycles. The molecule has 7 nitrogen and oxygen atoms in total. The number of hydrogen-bond acceptors (Lipinski definition) is 5. The summed E-state index contributed by atoms with van der Waals surface area (Å²) in [7, 11) is 1.66. The topological polar surface area (TPSA) is 78.0 Å². The molecule has 0 aliphatic rings.